The van der Waals surface area contributed by atoms with Crippen LogP contribution in [-0.4, -0.2) is 48.8 Å². The molecule has 0 saturated carbocycles. The Morgan fingerprint density at radius 1 is 0.800 bits per heavy atom. The van der Waals surface area contributed by atoms with Gasteiger partial charge in [-0.1, -0.05) is 24.3 Å². The van der Waals surface area contributed by atoms with Crippen molar-refractivity contribution in [3.63, 3.8) is 0 Å². The summed E-state index contributed by atoms with van der Waals surface area (Å²) < 4.78 is 11.1. The molecular weight excluding hydrogens is 502 g/mol. The Hall–Kier alpha value is -4.52. The molecule has 7 heteroatoms. The van der Waals surface area contributed by atoms with Crippen LogP contribution in [0, 0.1) is 0 Å². The van der Waals surface area contributed by atoms with Gasteiger partial charge < -0.3 is 14.4 Å². The minimum atomic E-state index is -0.193. The second-order valence-corrected chi connectivity index (χ2v) is 9.85. The van der Waals surface area contributed by atoms with E-state index in [9.17, 15) is 9.59 Å². The molecule has 1 fully saturated rings. The third kappa shape index (κ3) is 6.04. The molecule has 0 radical (unpaired) electrons. The Morgan fingerprint density at radius 2 is 1.55 bits per heavy atom. The second kappa shape index (κ2) is 12.6. The first-order valence-electron chi connectivity index (χ1n) is 13.6. The molecule has 2 aromatic heterocycles. The molecule has 0 N–H and O–H groups in total. The maximum absolute atomic E-state index is 13.1. The lowest BCUT2D eigenvalue weighted by Gasteiger charge is -2.28. The minimum absolute atomic E-state index is 0.0537. The van der Waals surface area contributed by atoms with Crippen LogP contribution in [0.5, 0.6) is 11.5 Å². The van der Waals surface area contributed by atoms with Crippen molar-refractivity contribution in [2.24, 2.45) is 0 Å². The third-order valence-corrected chi connectivity index (χ3v) is 7.30. The molecule has 2 aromatic carbocycles. The topological polar surface area (TPSA) is 81.6 Å². The molecular formula is C33H33N3O4. The highest BCUT2D eigenvalue weighted by Gasteiger charge is 2.18. The Morgan fingerprint density at radius 3 is 2.25 bits per heavy atom. The van der Waals surface area contributed by atoms with Crippen molar-refractivity contribution in [2.45, 2.75) is 32.1 Å². The highest BCUT2D eigenvalue weighted by molar-refractivity contribution is 6.02. The van der Waals surface area contributed by atoms with Crippen LogP contribution >= 0.6 is 0 Å². The first-order valence-corrected chi connectivity index (χ1v) is 13.6. The van der Waals surface area contributed by atoms with E-state index in [2.05, 4.69) is 27.0 Å². The molecule has 0 aliphatic carbocycles. The van der Waals surface area contributed by atoms with Crippen molar-refractivity contribution in [3.8, 4) is 33.9 Å². The molecule has 0 atom stereocenters. The van der Waals surface area contributed by atoms with Crippen molar-refractivity contribution < 1.29 is 19.1 Å². The molecule has 3 heterocycles. The standard InChI is InChI=1S/C33H33N3O4/c1-39-31-17-14-28(35-33(31)23-8-11-26(12-9-23)36-19-4-3-5-20-36)30(38)16-15-29(37)24-10-13-27(32(21-24)40-2)25-7-6-18-34-22-25/h6-14,17-18,21-22H,3-5,15-16,19-20H2,1-2H3. The van der Waals surface area contributed by atoms with Crippen LogP contribution < -0.4 is 14.4 Å². The van der Waals surface area contributed by atoms with E-state index in [1.165, 1.54) is 24.9 Å². The fourth-order valence-corrected chi connectivity index (χ4v) is 5.08. The number of pyridine rings is 2. The Labute approximate surface area is 234 Å². The number of piperidine rings is 1. The number of nitrogens with zero attached hydrogens (tertiary/aromatic N) is 3. The number of benzene rings is 2. The molecule has 4 aromatic rings. The van der Waals surface area contributed by atoms with Crippen LogP contribution in [0.4, 0.5) is 5.69 Å². The number of carbonyl (C=O) groups is 2. The van der Waals surface area contributed by atoms with Crippen molar-refractivity contribution in [3.05, 3.63) is 90.4 Å². The first-order chi connectivity index (χ1) is 19.6. The zero-order valence-corrected chi connectivity index (χ0v) is 22.9. The summed E-state index contributed by atoms with van der Waals surface area (Å²) >= 11 is 0. The molecule has 1 aliphatic heterocycles. The second-order valence-electron chi connectivity index (χ2n) is 9.85. The summed E-state index contributed by atoms with van der Waals surface area (Å²) in [5.74, 6) is 0.852. The Kier molecular flexibility index (Phi) is 8.50. The monoisotopic (exact) mass is 535 g/mol. The summed E-state index contributed by atoms with van der Waals surface area (Å²) in [6.45, 7) is 2.15. The van der Waals surface area contributed by atoms with E-state index in [-0.39, 0.29) is 24.4 Å². The number of anilines is 1. The van der Waals surface area contributed by atoms with Gasteiger partial charge in [0.25, 0.3) is 0 Å². The van der Waals surface area contributed by atoms with Gasteiger partial charge in [-0.2, -0.15) is 0 Å². The summed E-state index contributed by atoms with van der Waals surface area (Å²) in [5.41, 5.74) is 5.24. The lowest BCUT2D eigenvalue weighted by atomic mass is 9.99. The van der Waals surface area contributed by atoms with E-state index >= 15 is 0 Å². The SMILES string of the molecule is COc1cc(C(=O)CCC(=O)c2ccc(OC)c(-c3ccc(N4CCCCC4)cc3)n2)ccc1-c1cccnc1. The van der Waals surface area contributed by atoms with Gasteiger partial charge >= 0.3 is 0 Å². The number of ether oxygens (including phenoxy) is 2. The van der Waals surface area contributed by atoms with Gasteiger partial charge in [0.2, 0.25) is 0 Å². The Balaban J connectivity index is 1.28. The molecule has 0 bridgehead atoms. The first kappa shape index (κ1) is 27.1. The minimum Gasteiger partial charge on any atom is -0.496 e. The van der Waals surface area contributed by atoms with E-state index < -0.39 is 0 Å². The summed E-state index contributed by atoms with van der Waals surface area (Å²) in [6.07, 6.45) is 7.30. The number of hydrogen-bond acceptors (Lipinski definition) is 7. The Bertz CT molecular complexity index is 1480. The number of hydrogen-bond donors (Lipinski definition) is 0. The molecule has 204 valence electrons. The van der Waals surface area contributed by atoms with Gasteiger partial charge in [-0.3, -0.25) is 14.6 Å². The lowest BCUT2D eigenvalue weighted by molar-refractivity contribution is 0.0915. The molecule has 40 heavy (non-hydrogen) atoms. The largest absolute Gasteiger partial charge is 0.496 e. The molecule has 0 unspecified atom stereocenters. The maximum atomic E-state index is 13.1. The van der Waals surface area contributed by atoms with Gasteiger partial charge in [-0.15, -0.1) is 0 Å². The number of Topliss-reactive ketones (excluding diaryl/α,β-unsaturated/α-hetero) is 2. The van der Waals surface area contributed by atoms with E-state index in [1.54, 1.807) is 50.9 Å². The number of methoxy groups -OCH3 is 2. The van der Waals surface area contributed by atoms with Crippen LogP contribution in [0.1, 0.15) is 53.0 Å². The van der Waals surface area contributed by atoms with Crippen LogP contribution in [0.25, 0.3) is 22.4 Å². The summed E-state index contributed by atoms with van der Waals surface area (Å²) in [7, 11) is 3.16. The molecule has 7 nitrogen and oxygen atoms in total. The van der Waals surface area contributed by atoms with Gasteiger partial charge in [0, 0.05) is 66.3 Å². The molecule has 0 spiro atoms. The highest BCUT2D eigenvalue weighted by atomic mass is 16.5. The highest BCUT2D eigenvalue weighted by Crippen LogP contribution is 2.32. The van der Waals surface area contributed by atoms with Gasteiger partial charge in [-0.25, -0.2) is 4.98 Å². The average molecular weight is 536 g/mol. The average Bonchev–Trinajstić information content (AvgIpc) is 3.03. The number of rotatable bonds is 10. The van der Waals surface area contributed by atoms with Crippen molar-refractivity contribution in [2.75, 3.05) is 32.2 Å². The van der Waals surface area contributed by atoms with Gasteiger partial charge in [0.05, 0.1) is 14.2 Å². The van der Waals surface area contributed by atoms with Crippen LogP contribution in [0.15, 0.2) is 79.1 Å². The quantitative estimate of drug-likeness (QED) is 0.210. The third-order valence-electron chi connectivity index (χ3n) is 7.30. The number of aromatic nitrogens is 2. The molecule has 5 rings (SSSR count). The van der Waals surface area contributed by atoms with Crippen molar-refractivity contribution in [1.29, 1.82) is 0 Å². The van der Waals surface area contributed by atoms with Crippen molar-refractivity contribution >= 4 is 17.3 Å². The van der Waals surface area contributed by atoms with Gasteiger partial charge in [-0.05, 0) is 61.7 Å². The van der Waals surface area contributed by atoms with Crippen molar-refractivity contribution in [1.82, 2.24) is 9.97 Å². The van der Waals surface area contributed by atoms with Gasteiger partial charge in [0.15, 0.2) is 11.6 Å². The van der Waals surface area contributed by atoms with Crippen LogP contribution in [0.2, 0.25) is 0 Å². The van der Waals surface area contributed by atoms with E-state index in [0.717, 1.165) is 29.8 Å². The molecule has 1 aliphatic rings. The fourth-order valence-electron chi connectivity index (χ4n) is 5.08. The molecule has 1 saturated heterocycles. The zero-order chi connectivity index (χ0) is 27.9. The van der Waals surface area contributed by atoms with E-state index in [4.69, 9.17) is 9.47 Å². The van der Waals surface area contributed by atoms with Crippen LogP contribution in [0.3, 0.4) is 0 Å². The number of ketones is 2. The van der Waals surface area contributed by atoms with Crippen LogP contribution in [-0.2, 0) is 0 Å². The smallest absolute Gasteiger partial charge is 0.181 e. The molecule has 0 amide bonds. The summed E-state index contributed by atoms with van der Waals surface area (Å²) in [6, 6.07) is 20.8. The fraction of sp³-hybridized carbons (Fsp3) is 0.273. The summed E-state index contributed by atoms with van der Waals surface area (Å²) in [5, 5.41) is 0. The van der Waals surface area contributed by atoms with Gasteiger partial charge in [0.1, 0.15) is 22.9 Å². The van der Waals surface area contributed by atoms with E-state index in [0.29, 0.717) is 28.5 Å². The summed E-state index contributed by atoms with van der Waals surface area (Å²) in [4.78, 5) is 37.3. The predicted octanol–water partition coefficient (Wildman–Crippen LogP) is 6.66. The zero-order valence-electron chi connectivity index (χ0n) is 22.9. The van der Waals surface area contributed by atoms with E-state index in [1.807, 2.05) is 30.3 Å². The lowest BCUT2D eigenvalue weighted by Crippen LogP contribution is -2.29. The normalized spacial score (nSPS) is 13.1. The predicted molar refractivity (Wildman–Crippen MR) is 156 cm³/mol. The maximum Gasteiger partial charge on any atom is 0.181 e. The number of carbonyl (C=O) groups excluding carboxylic acids is 2.